The second-order valence-corrected chi connectivity index (χ2v) is 7.52. The third-order valence-electron chi connectivity index (χ3n) is 2.99. The number of nitrogens with two attached hydrogens (primary N) is 1. The quantitative estimate of drug-likeness (QED) is 0.783. The summed E-state index contributed by atoms with van der Waals surface area (Å²) in [4.78, 5) is 0.141. The number of benzene rings is 2. The minimum atomic E-state index is -3.66. The van der Waals surface area contributed by atoms with E-state index >= 15 is 0 Å². The molecule has 1 atom stereocenters. The zero-order chi connectivity index (χ0) is 15.6. The maximum atomic E-state index is 12.4. The molecular weight excluding hydrogens is 376 g/mol. The van der Waals surface area contributed by atoms with E-state index in [4.69, 9.17) is 17.3 Å². The van der Waals surface area contributed by atoms with E-state index < -0.39 is 16.1 Å². The van der Waals surface area contributed by atoms with Crippen LogP contribution >= 0.6 is 27.5 Å². The van der Waals surface area contributed by atoms with E-state index in [-0.39, 0.29) is 4.90 Å². The van der Waals surface area contributed by atoms with Gasteiger partial charge in [0.2, 0.25) is 10.0 Å². The molecule has 0 spiro atoms. The molecule has 0 amide bonds. The Labute approximate surface area is 137 Å². The second kappa shape index (κ2) is 6.36. The van der Waals surface area contributed by atoms with Gasteiger partial charge in [-0.25, -0.2) is 13.1 Å². The molecule has 21 heavy (non-hydrogen) atoms. The maximum absolute atomic E-state index is 12.4. The van der Waals surface area contributed by atoms with Gasteiger partial charge in [0.25, 0.3) is 0 Å². The van der Waals surface area contributed by atoms with E-state index in [0.717, 1.165) is 5.56 Å². The Kier molecular flexibility index (Phi) is 4.93. The summed E-state index contributed by atoms with van der Waals surface area (Å²) in [6, 6.07) is 11.1. The first-order valence-electron chi connectivity index (χ1n) is 6.13. The smallest absolute Gasteiger partial charge is 0.241 e. The summed E-state index contributed by atoms with van der Waals surface area (Å²) >= 11 is 9.30. The first-order chi connectivity index (χ1) is 9.81. The number of halogens is 2. The lowest BCUT2D eigenvalue weighted by Gasteiger charge is -2.16. The molecule has 2 aromatic rings. The lowest BCUT2D eigenvalue weighted by molar-refractivity contribution is 0.567. The number of hydrogen-bond donors (Lipinski definition) is 2. The number of nitrogen functional groups attached to an aromatic ring is 1. The Balaban J connectivity index is 2.29. The highest BCUT2D eigenvalue weighted by Gasteiger charge is 2.20. The Hall–Kier alpha value is -1.08. The van der Waals surface area contributed by atoms with Gasteiger partial charge < -0.3 is 5.73 Å². The molecule has 0 radical (unpaired) electrons. The predicted octanol–water partition coefficient (Wildman–Crippen LogP) is 3.72. The molecule has 1 unspecified atom stereocenters. The lowest BCUT2D eigenvalue weighted by atomic mass is 10.1. The van der Waals surface area contributed by atoms with Crippen molar-refractivity contribution in [2.75, 3.05) is 5.73 Å². The maximum Gasteiger partial charge on any atom is 0.241 e. The van der Waals surface area contributed by atoms with Crippen molar-refractivity contribution in [3.05, 3.63) is 57.5 Å². The van der Waals surface area contributed by atoms with Gasteiger partial charge in [0.05, 0.1) is 4.90 Å². The highest BCUT2D eigenvalue weighted by molar-refractivity contribution is 9.10. The van der Waals surface area contributed by atoms with E-state index in [9.17, 15) is 8.42 Å². The van der Waals surface area contributed by atoms with E-state index in [1.165, 1.54) is 12.1 Å². The molecule has 4 nitrogen and oxygen atoms in total. The van der Waals surface area contributed by atoms with Gasteiger partial charge in [-0.05, 0) is 52.7 Å². The number of rotatable bonds is 4. The molecule has 0 bridgehead atoms. The second-order valence-electron chi connectivity index (χ2n) is 4.55. The van der Waals surface area contributed by atoms with Crippen LogP contribution in [-0.2, 0) is 10.0 Å². The summed E-state index contributed by atoms with van der Waals surface area (Å²) in [5.74, 6) is 0. The van der Waals surface area contributed by atoms with Gasteiger partial charge in [0, 0.05) is 21.2 Å². The van der Waals surface area contributed by atoms with Crippen molar-refractivity contribution in [3.8, 4) is 0 Å². The van der Waals surface area contributed by atoms with Gasteiger partial charge in [0.1, 0.15) is 0 Å². The van der Waals surface area contributed by atoms with Crippen LogP contribution in [0.15, 0.2) is 51.8 Å². The van der Waals surface area contributed by atoms with Crippen molar-refractivity contribution < 1.29 is 8.42 Å². The zero-order valence-corrected chi connectivity index (χ0v) is 14.3. The van der Waals surface area contributed by atoms with Crippen molar-refractivity contribution in [1.82, 2.24) is 4.72 Å². The van der Waals surface area contributed by atoms with Crippen molar-refractivity contribution >= 4 is 43.2 Å². The zero-order valence-electron chi connectivity index (χ0n) is 11.2. The van der Waals surface area contributed by atoms with Crippen LogP contribution in [0.3, 0.4) is 0 Å². The molecule has 112 valence electrons. The van der Waals surface area contributed by atoms with Crippen LogP contribution in [0.25, 0.3) is 0 Å². The number of anilines is 1. The van der Waals surface area contributed by atoms with Gasteiger partial charge in [-0.3, -0.25) is 0 Å². The van der Waals surface area contributed by atoms with Gasteiger partial charge in [-0.2, -0.15) is 0 Å². The highest BCUT2D eigenvalue weighted by atomic mass is 79.9. The molecule has 0 saturated heterocycles. The van der Waals surface area contributed by atoms with E-state index in [0.29, 0.717) is 15.2 Å². The van der Waals surface area contributed by atoms with Crippen LogP contribution in [0.4, 0.5) is 5.69 Å². The Morgan fingerprint density at radius 2 is 1.90 bits per heavy atom. The van der Waals surface area contributed by atoms with E-state index in [1.54, 1.807) is 31.2 Å². The molecule has 0 saturated carbocycles. The first kappa shape index (κ1) is 16.3. The third kappa shape index (κ3) is 3.77. The number of nitrogens with one attached hydrogen (secondary N) is 1. The fourth-order valence-electron chi connectivity index (χ4n) is 1.87. The van der Waals surface area contributed by atoms with Crippen molar-refractivity contribution in [2.24, 2.45) is 0 Å². The van der Waals surface area contributed by atoms with Crippen LogP contribution in [0.2, 0.25) is 5.02 Å². The molecule has 7 heteroatoms. The molecule has 3 N–H and O–H groups in total. The Morgan fingerprint density at radius 3 is 2.52 bits per heavy atom. The van der Waals surface area contributed by atoms with E-state index in [2.05, 4.69) is 20.7 Å². The first-order valence-corrected chi connectivity index (χ1v) is 8.78. The largest absolute Gasteiger partial charge is 0.398 e. The minimum absolute atomic E-state index is 0.141. The van der Waals surface area contributed by atoms with E-state index in [1.807, 2.05) is 6.07 Å². The molecule has 0 aromatic heterocycles. The Bertz CT molecular complexity index is 765. The average molecular weight is 390 g/mol. The molecule has 0 aliphatic carbocycles. The summed E-state index contributed by atoms with van der Waals surface area (Å²) in [6.07, 6.45) is 0. The van der Waals surface area contributed by atoms with Crippen LogP contribution in [-0.4, -0.2) is 8.42 Å². The summed E-state index contributed by atoms with van der Waals surface area (Å²) in [5, 5.41) is 0.520. The number of sulfonamides is 1. The summed E-state index contributed by atoms with van der Waals surface area (Å²) in [5.41, 5.74) is 6.86. The van der Waals surface area contributed by atoms with Crippen LogP contribution in [0, 0.1) is 0 Å². The molecule has 2 rings (SSSR count). The van der Waals surface area contributed by atoms with Crippen molar-refractivity contribution in [2.45, 2.75) is 17.9 Å². The topological polar surface area (TPSA) is 72.2 Å². The van der Waals surface area contributed by atoms with Crippen LogP contribution in [0.1, 0.15) is 18.5 Å². The highest BCUT2D eigenvalue weighted by Crippen LogP contribution is 2.26. The standard InChI is InChI=1S/C14H14BrClN2O2S/c1-9(11-4-2-3-5-13(11)16)18-21(19,20)10-6-7-14(17)12(15)8-10/h2-9,18H,17H2,1H3. The van der Waals surface area contributed by atoms with Crippen LogP contribution in [0.5, 0.6) is 0 Å². The van der Waals surface area contributed by atoms with Gasteiger partial charge >= 0.3 is 0 Å². The van der Waals surface area contributed by atoms with Crippen molar-refractivity contribution in [1.29, 1.82) is 0 Å². The molecule has 0 aliphatic heterocycles. The van der Waals surface area contributed by atoms with Gasteiger partial charge in [-0.15, -0.1) is 0 Å². The SMILES string of the molecule is CC(NS(=O)(=O)c1ccc(N)c(Br)c1)c1ccccc1Cl. The van der Waals surface area contributed by atoms with Gasteiger partial charge in [-0.1, -0.05) is 29.8 Å². The average Bonchev–Trinajstić information content (AvgIpc) is 2.41. The molecular formula is C14H14BrClN2O2S. The lowest BCUT2D eigenvalue weighted by Crippen LogP contribution is -2.27. The summed E-state index contributed by atoms with van der Waals surface area (Å²) in [6.45, 7) is 1.74. The number of hydrogen-bond acceptors (Lipinski definition) is 3. The summed E-state index contributed by atoms with van der Waals surface area (Å²) < 4.78 is 27.9. The Morgan fingerprint density at radius 1 is 1.24 bits per heavy atom. The summed E-state index contributed by atoms with van der Waals surface area (Å²) in [7, 11) is -3.66. The molecule has 0 heterocycles. The van der Waals surface area contributed by atoms with Crippen molar-refractivity contribution in [3.63, 3.8) is 0 Å². The molecule has 2 aromatic carbocycles. The van der Waals surface area contributed by atoms with Gasteiger partial charge in [0.15, 0.2) is 0 Å². The monoisotopic (exact) mass is 388 g/mol. The fraction of sp³-hybridized carbons (Fsp3) is 0.143. The molecule has 0 fully saturated rings. The fourth-order valence-corrected chi connectivity index (χ4v) is 3.94. The minimum Gasteiger partial charge on any atom is -0.398 e. The predicted molar refractivity (Wildman–Crippen MR) is 88.7 cm³/mol. The normalized spacial score (nSPS) is 13.1. The van der Waals surface area contributed by atoms with Crippen LogP contribution < -0.4 is 10.5 Å². The third-order valence-corrected chi connectivity index (χ3v) is 5.56. The molecule has 0 aliphatic rings.